The molecule has 7 N–H and O–H groups in total. The van der Waals surface area contributed by atoms with E-state index in [1.807, 2.05) is 0 Å². The van der Waals surface area contributed by atoms with Gasteiger partial charge in [-0.1, -0.05) is 11.2 Å². The lowest BCUT2D eigenvalue weighted by atomic mass is 9.56. The van der Waals surface area contributed by atoms with Gasteiger partial charge in [-0.05, 0) is 31.0 Å². The zero-order valence-corrected chi connectivity index (χ0v) is 30.0. The van der Waals surface area contributed by atoms with Crippen LogP contribution in [0, 0.1) is 6.92 Å². The monoisotopic (exact) mass is 753 g/mol. The Morgan fingerprint density at radius 2 is 1.70 bits per heavy atom. The Hall–Kier alpha value is -5.08. The van der Waals surface area contributed by atoms with E-state index in [-0.39, 0.29) is 35.7 Å². The highest BCUT2D eigenvalue weighted by Crippen LogP contribution is 2.56. The normalized spacial score (nSPS) is 29.5. The molecular formula is C36H39N3O15. The lowest BCUT2D eigenvalue weighted by Crippen LogP contribution is -2.73. The van der Waals surface area contributed by atoms with E-state index in [9.17, 15) is 44.4 Å². The summed E-state index contributed by atoms with van der Waals surface area (Å²) in [6.45, 7) is 3.35. The molecule has 0 unspecified atom stereocenters. The Balaban J connectivity index is 1.48. The molecule has 288 valence electrons. The van der Waals surface area contributed by atoms with Crippen LogP contribution in [0.3, 0.4) is 0 Å². The summed E-state index contributed by atoms with van der Waals surface area (Å²) in [4.78, 5) is 75.0. The molecule has 1 fully saturated rings. The van der Waals surface area contributed by atoms with Crippen molar-refractivity contribution in [1.29, 1.82) is 0 Å². The molecule has 0 aromatic heterocycles. The molecule has 0 amide bonds. The van der Waals surface area contributed by atoms with Crippen molar-refractivity contribution in [2.75, 3.05) is 41.6 Å². The van der Waals surface area contributed by atoms with Crippen molar-refractivity contribution >= 4 is 34.8 Å². The minimum Gasteiger partial charge on any atom is -0.507 e. The molecule has 6 rings (SSSR count). The predicted molar refractivity (Wildman–Crippen MR) is 183 cm³/mol. The highest BCUT2D eigenvalue weighted by atomic mass is 16.6. The Bertz CT molecular complexity index is 2060. The van der Waals surface area contributed by atoms with E-state index in [2.05, 4.69) is 10.5 Å². The fourth-order valence-corrected chi connectivity index (χ4v) is 7.98. The van der Waals surface area contributed by atoms with Gasteiger partial charge in [0.25, 0.3) is 0 Å². The number of phenolic OH excluding ortho intramolecular Hbond substituents is 2. The summed E-state index contributed by atoms with van der Waals surface area (Å²) in [6, 6.07) is 2.19. The van der Waals surface area contributed by atoms with Crippen molar-refractivity contribution in [2.24, 2.45) is 10.9 Å². The second-order valence-corrected chi connectivity index (χ2v) is 13.1. The number of esters is 1. The van der Waals surface area contributed by atoms with E-state index in [0.717, 1.165) is 26.4 Å². The number of Topliss-reactive ketones (excluding diaryl/α,β-unsaturated/α-hetero) is 3. The number of nitrogens with one attached hydrogen (secondary N) is 1. The van der Waals surface area contributed by atoms with E-state index in [4.69, 9.17) is 34.3 Å². The average molecular weight is 754 g/mol. The first-order valence-corrected chi connectivity index (χ1v) is 16.7. The van der Waals surface area contributed by atoms with Gasteiger partial charge in [-0.15, -0.1) is 0 Å². The summed E-state index contributed by atoms with van der Waals surface area (Å²) >= 11 is 0. The minimum absolute atomic E-state index is 0.00533. The topological polar surface area (TPSA) is 272 Å². The second-order valence-electron chi connectivity index (χ2n) is 13.1. The lowest BCUT2D eigenvalue weighted by Gasteiger charge is -2.52. The first-order valence-electron chi connectivity index (χ1n) is 16.7. The number of aliphatic hydroxyl groups excluding tert-OH is 1. The maximum absolute atomic E-state index is 14.7. The van der Waals surface area contributed by atoms with Crippen LogP contribution in [0.2, 0.25) is 0 Å². The standard InChI is InChI=1S/C36H39N3O15/c1-13-9-15-10-20(41)36(52-6)32(46)23-17(31(45)35(36,48)24(15)28(44)21(13)34(47)51-5)11-16-22(27(23)43)19(40)12-18(26(16)42)38-33-30(50-4)25(39-53-8-7-37)29(49-3)14(2)54-33/h9,11-12,14,20,29-30,33,38,41,43-44,48H,7-8,10,37H2,1-6H3/b39-25+/t14-,20+,29-,30+,33-,35-,36+/m0/s1. The zero-order valence-electron chi connectivity index (χ0n) is 30.0. The number of nitrogens with two attached hydrogens (primary N) is 1. The smallest absolute Gasteiger partial charge is 0.341 e. The molecule has 4 aliphatic rings. The van der Waals surface area contributed by atoms with Gasteiger partial charge in [-0.25, -0.2) is 4.79 Å². The van der Waals surface area contributed by atoms with Gasteiger partial charge in [-0.2, -0.15) is 0 Å². The number of ketones is 4. The third-order valence-electron chi connectivity index (χ3n) is 10.4. The fourth-order valence-electron chi connectivity index (χ4n) is 7.98. The molecule has 0 saturated carbocycles. The first kappa shape index (κ1) is 38.6. The molecule has 0 radical (unpaired) electrons. The number of benzene rings is 2. The highest BCUT2D eigenvalue weighted by molar-refractivity contribution is 6.31. The molecule has 1 aliphatic heterocycles. The molecule has 0 spiro atoms. The molecule has 2 aromatic carbocycles. The van der Waals surface area contributed by atoms with Crippen LogP contribution < -0.4 is 11.1 Å². The fraction of sp³-hybridized carbons (Fsp3) is 0.444. The predicted octanol–water partition coefficient (Wildman–Crippen LogP) is -0.280. The highest BCUT2D eigenvalue weighted by Gasteiger charge is 2.72. The van der Waals surface area contributed by atoms with Crippen molar-refractivity contribution < 1.29 is 72.9 Å². The number of aromatic hydroxyl groups is 2. The number of phenols is 2. The van der Waals surface area contributed by atoms with Crippen LogP contribution in [-0.2, 0) is 40.5 Å². The quantitative estimate of drug-likeness (QED) is 0.109. The van der Waals surface area contributed by atoms with Gasteiger partial charge in [0.2, 0.25) is 17.3 Å². The second kappa shape index (κ2) is 14.0. The largest absolute Gasteiger partial charge is 0.507 e. The molecule has 2 aromatic rings. The van der Waals surface area contributed by atoms with Gasteiger partial charge in [-0.3, -0.25) is 19.2 Å². The van der Waals surface area contributed by atoms with Gasteiger partial charge in [0.1, 0.15) is 41.6 Å². The van der Waals surface area contributed by atoms with Gasteiger partial charge in [0, 0.05) is 57.1 Å². The van der Waals surface area contributed by atoms with E-state index in [0.29, 0.717) is 0 Å². The third-order valence-corrected chi connectivity index (χ3v) is 10.4. The van der Waals surface area contributed by atoms with E-state index < -0.39 is 122 Å². The molecule has 18 heteroatoms. The van der Waals surface area contributed by atoms with Gasteiger partial charge in [0.05, 0.1) is 36.1 Å². The van der Waals surface area contributed by atoms with Crippen molar-refractivity contribution in [2.45, 2.75) is 62.1 Å². The number of carbonyl (C=O) groups is 5. The number of hydrogen-bond acceptors (Lipinski definition) is 18. The van der Waals surface area contributed by atoms with E-state index >= 15 is 0 Å². The Morgan fingerprint density at radius 3 is 2.31 bits per heavy atom. The maximum Gasteiger partial charge on any atom is 0.341 e. The van der Waals surface area contributed by atoms with Crippen LogP contribution in [0.1, 0.15) is 75.4 Å². The zero-order chi connectivity index (χ0) is 39.6. The molecule has 54 heavy (non-hydrogen) atoms. The Morgan fingerprint density at radius 1 is 1.02 bits per heavy atom. The Kier molecular flexibility index (Phi) is 9.99. The van der Waals surface area contributed by atoms with Crippen LogP contribution in [0.4, 0.5) is 0 Å². The van der Waals surface area contributed by atoms with Crippen LogP contribution >= 0.6 is 0 Å². The molecule has 1 saturated heterocycles. The third kappa shape index (κ3) is 5.20. The SMILES string of the molecule is COC(=O)c1c(C)cc2c(c1O)[C@]1(O)C(=O)c3cc4c(c(O)c3C(=O)[C@]1(OC)[C@H](O)C2)C(=O)C=C(N[C@H]1O[C@@H](C)[C@H](OC)/C(=N\OCCN)[C@H]1OC)C4=O. The molecule has 7 atom stereocenters. The number of fused-ring (bicyclic) bond motifs is 5. The summed E-state index contributed by atoms with van der Waals surface area (Å²) in [5.41, 5.74) is -4.36. The Labute approximate surface area is 307 Å². The number of nitrogens with zero attached hydrogens (tertiary/aromatic N) is 1. The van der Waals surface area contributed by atoms with Crippen LogP contribution in [0.25, 0.3) is 0 Å². The van der Waals surface area contributed by atoms with Crippen LogP contribution in [-0.4, -0.2) is 133 Å². The van der Waals surface area contributed by atoms with E-state index in [1.165, 1.54) is 27.2 Å². The first-order chi connectivity index (χ1) is 25.6. The minimum atomic E-state index is -3.24. The molecule has 3 aliphatic carbocycles. The maximum atomic E-state index is 14.7. The number of hydrogen-bond donors (Lipinski definition) is 6. The molecule has 18 nitrogen and oxygen atoms in total. The van der Waals surface area contributed by atoms with Gasteiger partial charge >= 0.3 is 5.97 Å². The van der Waals surface area contributed by atoms with Crippen molar-refractivity contribution in [3.63, 3.8) is 0 Å². The molecule has 0 bridgehead atoms. The summed E-state index contributed by atoms with van der Waals surface area (Å²) < 4.78 is 27.5. The number of allylic oxidation sites excluding steroid dienone is 2. The number of aliphatic hydroxyl groups is 2. The van der Waals surface area contributed by atoms with Crippen LogP contribution in [0.15, 0.2) is 29.1 Å². The number of carbonyl (C=O) groups excluding carboxylic acids is 5. The van der Waals surface area contributed by atoms with Gasteiger partial charge in [0.15, 0.2) is 23.2 Å². The number of methoxy groups -OCH3 is 4. The number of oxime groups is 1. The van der Waals surface area contributed by atoms with E-state index in [1.54, 1.807) is 6.92 Å². The van der Waals surface area contributed by atoms with Crippen molar-refractivity contribution in [3.8, 4) is 11.5 Å². The number of rotatable bonds is 9. The number of ether oxygens (including phenoxy) is 5. The number of aryl methyl sites for hydroxylation is 1. The summed E-state index contributed by atoms with van der Waals surface area (Å²) in [6.07, 6.45) is -5.19. The summed E-state index contributed by atoms with van der Waals surface area (Å²) in [5.74, 6) is -7.66. The summed E-state index contributed by atoms with van der Waals surface area (Å²) in [7, 11) is 4.73. The lowest BCUT2D eigenvalue weighted by molar-refractivity contribution is -0.181. The van der Waals surface area contributed by atoms with Crippen molar-refractivity contribution in [3.05, 3.63) is 68.4 Å². The average Bonchev–Trinajstić information content (AvgIpc) is 3.12. The molecule has 1 heterocycles. The van der Waals surface area contributed by atoms with Crippen LogP contribution in [0.5, 0.6) is 11.5 Å². The molecular weight excluding hydrogens is 714 g/mol. The van der Waals surface area contributed by atoms with Gasteiger partial charge < -0.3 is 60.0 Å². The van der Waals surface area contributed by atoms with Crippen molar-refractivity contribution in [1.82, 2.24) is 5.32 Å². The summed E-state index contributed by atoms with van der Waals surface area (Å²) in [5, 5.41) is 54.0.